The molecular formula is C14H24N2O. The van der Waals surface area contributed by atoms with Crippen molar-refractivity contribution < 1.29 is 4.74 Å². The fourth-order valence-corrected chi connectivity index (χ4v) is 2.00. The van der Waals surface area contributed by atoms with Gasteiger partial charge in [0, 0.05) is 23.0 Å². The number of ether oxygens (including phenoxy) is 1. The average molecular weight is 236 g/mol. The van der Waals surface area contributed by atoms with Crippen LogP contribution >= 0.6 is 0 Å². The lowest BCUT2D eigenvalue weighted by atomic mass is 9.82. The highest BCUT2D eigenvalue weighted by Gasteiger charge is 2.23. The summed E-state index contributed by atoms with van der Waals surface area (Å²) in [6.45, 7) is 9.15. The Kier molecular flexibility index (Phi) is 4.52. The van der Waals surface area contributed by atoms with Gasteiger partial charge in [0.05, 0.1) is 7.11 Å². The van der Waals surface area contributed by atoms with Crippen LogP contribution < -0.4 is 10.5 Å². The van der Waals surface area contributed by atoms with Gasteiger partial charge in [0.25, 0.3) is 0 Å². The molecule has 1 atom stereocenters. The zero-order valence-corrected chi connectivity index (χ0v) is 11.6. The number of aromatic nitrogens is 1. The minimum absolute atomic E-state index is 0.123. The van der Waals surface area contributed by atoms with E-state index in [4.69, 9.17) is 10.5 Å². The largest absolute Gasteiger partial charge is 0.496 e. The van der Waals surface area contributed by atoms with Crippen molar-refractivity contribution in [3.63, 3.8) is 0 Å². The predicted octanol–water partition coefficient (Wildman–Crippen LogP) is 2.62. The molecule has 0 aromatic carbocycles. The van der Waals surface area contributed by atoms with Crippen LogP contribution in [0.2, 0.25) is 0 Å². The molecule has 0 saturated heterocycles. The maximum absolute atomic E-state index is 5.86. The molecule has 0 saturated carbocycles. The van der Waals surface area contributed by atoms with Crippen LogP contribution in [0.5, 0.6) is 5.75 Å². The van der Waals surface area contributed by atoms with E-state index >= 15 is 0 Å². The van der Waals surface area contributed by atoms with Crippen LogP contribution in [0.15, 0.2) is 6.20 Å². The lowest BCUT2D eigenvalue weighted by Crippen LogP contribution is -2.29. The Morgan fingerprint density at radius 2 is 2.06 bits per heavy atom. The third-order valence-electron chi connectivity index (χ3n) is 3.69. The van der Waals surface area contributed by atoms with Crippen LogP contribution in [0.3, 0.4) is 0 Å². The Morgan fingerprint density at radius 1 is 1.41 bits per heavy atom. The summed E-state index contributed by atoms with van der Waals surface area (Å²) in [4.78, 5) is 4.53. The molecule has 0 spiro atoms. The van der Waals surface area contributed by atoms with Crippen molar-refractivity contribution in [2.24, 2.45) is 11.1 Å². The molecule has 0 radical (unpaired) electrons. The maximum atomic E-state index is 5.86. The first kappa shape index (κ1) is 14.0. The Morgan fingerprint density at radius 3 is 2.53 bits per heavy atom. The average Bonchev–Trinajstić information content (AvgIpc) is 2.33. The van der Waals surface area contributed by atoms with Gasteiger partial charge < -0.3 is 10.5 Å². The van der Waals surface area contributed by atoms with E-state index in [1.807, 2.05) is 13.1 Å². The molecule has 0 bridgehead atoms. The Balaban J connectivity index is 3.08. The zero-order chi connectivity index (χ0) is 13.1. The third kappa shape index (κ3) is 2.97. The second-order valence-electron chi connectivity index (χ2n) is 5.09. The van der Waals surface area contributed by atoms with Crippen molar-refractivity contribution in [3.8, 4) is 5.75 Å². The van der Waals surface area contributed by atoms with Gasteiger partial charge in [0.15, 0.2) is 0 Å². The summed E-state index contributed by atoms with van der Waals surface area (Å²) in [6, 6.07) is 0. The van der Waals surface area contributed by atoms with Gasteiger partial charge in [-0.1, -0.05) is 13.8 Å². The van der Waals surface area contributed by atoms with Crippen molar-refractivity contribution in [1.82, 2.24) is 4.98 Å². The molecule has 0 aliphatic heterocycles. The second kappa shape index (κ2) is 5.50. The Hall–Kier alpha value is -1.09. The van der Waals surface area contributed by atoms with Gasteiger partial charge in [-0.25, -0.2) is 0 Å². The first-order valence-corrected chi connectivity index (χ1v) is 6.16. The van der Waals surface area contributed by atoms with Gasteiger partial charge in [-0.2, -0.15) is 0 Å². The van der Waals surface area contributed by atoms with Gasteiger partial charge in [-0.05, 0) is 38.6 Å². The maximum Gasteiger partial charge on any atom is 0.128 e. The first-order chi connectivity index (χ1) is 7.97. The van der Waals surface area contributed by atoms with Crippen LogP contribution in [0.1, 0.15) is 37.1 Å². The van der Waals surface area contributed by atoms with Crippen molar-refractivity contribution in [1.29, 1.82) is 0 Å². The van der Waals surface area contributed by atoms with E-state index in [2.05, 4.69) is 25.8 Å². The number of methoxy groups -OCH3 is 1. The number of hydrogen-bond acceptors (Lipinski definition) is 3. The van der Waals surface area contributed by atoms with Gasteiger partial charge in [0.1, 0.15) is 5.75 Å². The summed E-state index contributed by atoms with van der Waals surface area (Å²) in [7, 11) is 1.71. The number of aryl methyl sites for hydroxylation is 1. The molecule has 2 N–H and O–H groups in total. The van der Waals surface area contributed by atoms with Crippen LogP contribution in [0.4, 0.5) is 0 Å². The standard InChI is InChI=1S/C14H24N2O/c1-6-14(4,9-15)7-12-11(3)13(17-5)10(2)8-16-12/h8H,6-7,9,15H2,1-5H3. The molecule has 3 nitrogen and oxygen atoms in total. The minimum Gasteiger partial charge on any atom is -0.496 e. The number of nitrogens with zero attached hydrogens (tertiary/aromatic N) is 1. The summed E-state index contributed by atoms with van der Waals surface area (Å²) >= 11 is 0. The highest BCUT2D eigenvalue weighted by molar-refractivity contribution is 5.41. The number of pyridine rings is 1. The first-order valence-electron chi connectivity index (χ1n) is 6.16. The van der Waals surface area contributed by atoms with Crippen LogP contribution in [-0.2, 0) is 6.42 Å². The molecule has 96 valence electrons. The summed E-state index contributed by atoms with van der Waals surface area (Å²) in [5.74, 6) is 0.950. The molecule has 17 heavy (non-hydrogen) atoms. The lowest BCUT2D eigenvalue weighted by Gasteiger charge is -2.27. The molecule has 1 rings (SSSR count). The third-order valence-corrected chi connectivity index (χ3v) is 3.69. The van der Waals surface area contributed by atoms with Crippen molar-refractivity contribution in [2.75, 3.05) is 13.7 Å². The van der Waals surface area contributed by atoms with E-state index in [1.54, 1.807) is 7.11 Å². The van der Waals surface area contributed by atoms with Gasteiger partial charge in [-0.3, -0.25) is 4.98 Å². The molecule has 1 unspecified atom stereocenters. The summed E-state index contributed by atoms with van der Waals surface area (Å²) in [6.07, 6.45) is 3.84. The van der Waals surface area contributed by atoms with Crippen LogP contribution in [0, 0.1) is 19.3 Å². The Labute approximate surface area is 104 Å². The van der Waals surface area contributed by atoms with E-state index < -0.39 is 0 Å². The molecule has 3 heteroatoms. The van der Waals surface area contributed by atoms with Crippen LogP contribution in [0.25, 0.3) is 0 Å². The molecule has 1 aromatic heterocycles. The van der Waals surface area contributed by atoms with Gasteiger partial charge in [-0.15, -0.1) is 0 Å². The van der Waals surface area contributed by atoms with Crippen molar-refractivity contribution in [3.05, 3.63) is 23.0 Å². The number of nitrogens with two attached hydrogens (primary N) is 1. The molecule has 0 fully saturated rings. The minimum atomic E-state index is 0.123. The summed E-state index contributed by atoms with van der Waals surface area (Å²) < 4.78 is 5.43. The molecule has 1 heterocycles. The SMILES string of the molecule is CCC(C)(CN)Cc1ncc(C)c(OC)c1C. The van der Waals surface area contributed by atoms with Gasteiger partial charge in [0.2, 0.25) is 0 Å². The van der Waals surface area contributed by atoms with Crippen molar-refractivity contribution >= 4 is 0 Å². The van der Waals surface area contributed by atoms with Crippen molar-refractivity contribution in [2.45, 2.75) is 40.5 Å². The van der Waals surface area contributed by atoms with E-state index in [0.29, 0.717) is 6.54 Å². The monoisotopic (exact) mass is 236 g/mol. The summed E-state index contributed by atoms with van der Waals surface area (Å²) in [5, 5.41) is 0. The zero-order valence-electron chi connectivity index (χ0n) is 11.6. The molecular weight excluding hydrogens is 212 g/mol. The Bertz CT molecular complexity index is 384. The highest BCUT2D eigenvalue weighted by Crippen LogP contribution is 2.30. The van der Waals surface area contributed by atoms with Gasteiger partial charge >= 0.3 is 0 Å². The fourth-order valence-electron chi connectivity index (χ4n) is 2.00. The molecule has 0 aliphatic carbocycles. The smallest absolute Gasteiger partial charge is 0.128 e. The fraction of sp³-hybridized carbons (Fsp3) is 0.643. The topological polar surface area (TPSA) is 48.1 Å². The molecule has 1 aromatic rings. The number of rotatable bonds is 5. The summed E-state index contributed by atoms with van der Waals surface area (Å²) in [5.41, 5.74) is 9.30. The van der Waals surface area contributed by atoms with E-state index in [9.17, 15) is 0 Å². The lowest BCUT2D eigenvalue weighted by molar-refractivity contribution is 0.315. The molecule has 0 amide bonds. The predicted molar refractivity (Wildman–Crippen MR) is 71.4 cm³/mol. The normalized spacial score (nSPS) is 14.5. The number of hydrogen-bond donors (Lipinski definition) is 1. The highest BCUT2D eigenvalue weighted by atomic mass is 16.5. The molecule has 0 aliphatic rings. The second-order valence-corrected chi connectivity index (χ2v) is 5.09. The quantitative estimate of drug-likeness (QED) is 0.855. The van der Waals surface area contributed by atoms with E-state index in [1.165, 1.54) is 0 Å². The van der Waals surface area contributed by atoms with E-state index in [-0.39, 0.29) is 5.41 Å². The van der Waals surface area contributed by atoms with E-state index in [0.717, 1.165) is 35.4 Å². The van der Waals surface area contributed by atoms with Crippen LogP contribution in [-0.4, -0.2) is 18.6 Å².